The van der Waals surface area contributed by atoms with Crippen LogP contribution in [0.25, 0.3) is 0 Å². The molecule has 0 aromatic heterocycles. The van der Waals surface area contributed by atoms with Crippen molar-refractivity contribution in [3.63, 3.8) is 0 Å². The molecule has 0 aliphatic carbocycles. The minimum Gasteiger partial charge on any atom is -0.385 e. The summed E-state index contributed by atoms with van der Waals surface area (Å²) >= 11 is 9.24. The molecule has 100 valence electrons. The highest BCUT2D eigenvalue weighted by atomic mass is 79.9. The molecule has 0 aliphatic rings. The summed E-state index contributed by atoms with van der Waals surface area (Å²) in [4.78, 5) is 0. The minimum absolute atomic E-state index is 0.318. The normalized spacial score (nSPS) is 14.2. The molecule has 2 rings (SSSR count). The zero-order chi connectivity index (χ0) is 14.0. The highest BCUT2D eigenvalue weighted by Gasteiger charge is 2.26. The number of hydrogen-bond acceptors (Lipinski definition) is 1. The number of hydrogen-bond donors (Lipinski definition) is 1. The molecule has 1 atom stereocenters. The Morgan fingerprint density at radius 3 is 2.58 bits per heavy atom. The first-order valence-corrected chi connectivity index (χ1v) is 6.98. The van der Waals surface area contributed by atoms with E-state index in [0.29, 0.717) is 21.5 Å². The predicted molar refractivity (Wildman–Crippen MR) is 78.8 cm³/mol. The Morgan fingerprint density at radius 2 is 1.95 bits per heavy atom. The van der Waals surface area contributed by atoms with Crippen LogP contribution in [-0.4, -0.2) is 5.11 Å². The predicted octanol–water partition coefficient (Wildman–Crippen LogP) is 4.69. The van der Waals surface area contributed by atoms with Gasteiger partial charge in [-0.15, -0.1) is 0 Å². The number of benzene rings is 2. The van der Waals surface area contributed by atoms with Gasteiger partial charge in [-0.05, 0) is 46.6 Å². The van der Waals surface area contributed by atoms with Crippen molar-refractivity contribution in [2.45, 2.75) is 18.9 Å². The van der Waals surface area contributed by atoms with Gasteiger partial charge < -0.3 is 5.11 Å². The molecule has 1 unspecified atom stereocenters. The lowest BCUT2D eigenvalue weighted by Gasteiger charge is -2.25. The third-order valence-electron chi connectivity index (χ3n) is 2.99. The van der Waals surface area contributed by atoms with E-state index in [4.69, 9.17) is 11.6 Å². The van der Waals surface area contributed by atoms with Gasteiger partial charge in [0.05, 0.1) is 10.1 Å². The molecule has 0 saturated heterocycles. The Kier molecular flexibility index (Phi) is 4.29. The molecule has 0 amide bonds. The molecule has 1 N–H and O–H groups in total. The molecule has 0 fully saturated rings. The summed E-state index contributed by atoms with van der Waals surface area (Å²) in [7, 11) is 0. The van der Waals surface area contributed by atoms with Gasteiger partial charge in [-0.25, -0.2) is 4.39 Å². The summed E-state index contributed by atoms with van der Waals surface area (Å²) in [6.45, 7) is 1.70. The monoisotopic (exact) mass is 342 g/mol. The van der Waals surface area contributed by atoms with Crippen LogP contribution >= 0.6 is 27.5 Å². The van der Waals surface area contributed by atoms with Crippen molar-refractivity contribution in [1.29, 1.82) is 0 Å². The lowest BCUT2D eigenvalue weighted by molar-refractivity contribution is 0.0577. The third kappa shape index (κ3) is 3.35. The molecule has 2 aromatic carbocycles. The van der Waals surface area contributed by atoms with E-state index in [1.54, 1.807) is 31.2 Å². The Balaban J connectivity index is 2.31. The second kappa shape index (κ2) is 5.61. The van der Waals surface area contributed by atoms with E-state index in [1.165, 1.54) is 6.07 Å². The van der Waals surface area contributed by atoms with Crippen LogP contribution in [0.5, 0.6) is 0 Å². The van der Waals surface area contributed by atoms with Gasteiger partial charge >= 0.3 is 0 Å². The minimum atomic E-state index is -1.10. The Hall–Kier alpha value is -0.900. The maximum absolute atomic E-state index is 13.2. The topological polar surface area (TPSA) is 20.2 Å². The summed E-state index contributed by atoms with van der Waals surface area (Å²) < 4.78 is 13.6. The van der Waals surface area contributed by atoms with Gasteiger partial charge in [0, 0.05) is 17.0 Å². The zero-order valence-electron chi connectivity index (χ0n) is 10.3. The molecule has 0 radical (unpaired) electrons. The first kappa shape index (κ1) is 14.5. The largest absolute Gasteiger partial charge is 0.385 e. The molecular formula is C15H13BrClFO. The highest BCUT2D eigenvalue weighted by molar-refractivity contribution is 9.10. The van der Waals surface area contributed by atoms with Crippen LogP contribution < -0.4 is 0 Å². The average Bonchev–Trinajstić information content (AvgIpc) is 2.34. The molecule has 4 heteroatoms. The van der Waals surface area contributed by atoms with E-state index < -0.39 is 5.60 Å². The quantitative estimate of drug-likeness (QED) is 0.857. The Bertz CT molecular complexity index is 598. The third-order valence-corrected chi connectivity index (χ3v) is 3.92. The van der Waals surface area contributed by atoms with Crippen LogP contribution in [0.3, 0.4) is 0 Å². The molecule has 1 nitrogen and oxygen atoms in total. The molecule has 19 heavy (non-hydrogen) atoms. The van der Waals surface area contributed by atoms with Crippen LogP contribution in [0.2, 0.25) is 5.02 Å². The second-order valence-corrected chi connectivity index (χ2v) is 5.94. The van der Waals surface area contributed by atoms with E-state index in [1.807, 2.05) is 12.1 Å². The van der Waals surface area contributed by atoms with E-state index in [9.17, 15) is 9.50 Å². The maximum atomic E-state index is 13.2. The summed E-state index contributed by atoms with van der Waals surface area (Å²) in [5.41, 5.74) is 0.394. The highest BCUT2D eigenvalue weighted by Crippen LogP contribution is 2.31. The van der Waals surface area contributed by atoms with Crippen molar-refractivity contribution in [3.8, 4) is 0 Å². The van der Waals surface area contributed by atoms with Crippen LogP contribution in [-0.2, 0) is 12.0 Å². The molecule has 2 aromatic rings. The van der Waals surface area contributed by atoms with Crippen molar-refractivity contribution in [2.75, 3.05) is 0 Å². The fourth-order valence-corrected chi connectivity index (χ4v) is 2.81. The standard InChI is InChI=1S/C15H13BrClFO/c1-15(19,11-4-2-3-5-13(11)17)9-10-6-7-14(18)12(16)8-10/h2-8,19H,9H2,1H3. The van der Waals surface area contributed by atoms with Gasteiger partial charge in [0.25, 0.3) is 0 Å². The smallest absolute Gasteiger partial charge is 0.137 e. The first-order chi connectivity index (χ1) is 8.90. The summed E-state index contributed by atoms with van der Waals surface area (Å²) in [6, 6.07) is 11.9. The fraction of sp³-hybridized carbons (Fsp3) is 0.200. The van der Waals surface area contributed by atoms with Gasteiger partial charge in [0.1, 0.15) is 5.82 Å². The summed E-state index contributed by atoms with van der Waals surface area (Å²) in [5.74, 6) is -0.318. The second-order valence-electron chi connectivity index (χ2n) is 4.68. The van der Waals surface area contributed by atoms with Crippen LogP contribution in [0.4, 0.5) is 4.39 Å². The van der Waals surface area contributed by atoms with Gasteiger partial charge in [0.15, 0.2) is 0 Å². The van der Waals surface area contributed by atoms with E-state index in [0.717, 1.165) is 5.56 Å². The molecule has 0 saturated carbocycles. The Labute approximate surface area is 125 Å². The van der Waals surface area contributed by atoms with Crippen molar-refractivity contribution in [2.24, 2.45) is 0 Å². The van der Waals surface area contributed by atoms with Crippen LogP contribution in [0, 0.1) is 5.82 Å². The lowest BCUT2D eigenvalue weighted by atomic mass is 9.89. The van der Waals surface area contributed by atoms with E-state index >= 15 is 0 Å². The summed E-state index contributed by atoms with van der Waals surface area (Å²) in [6.07, 6.45) is 0.357. The average molecular weight is 344 g/mol. The zero-order valence-corrected chi connectivity index (χ0v) is 12.7. The van der Waals surface area contributed by atoms with Gasteiger partial charge in [-0.2, -0.15) is 0 Å². The fourth-order valence-electron chi connectivity index (χ4n) is 2.04. The van der Waals surface area contributed by atoms with Gasteiger partial charge in [-0.1, -0.05) is 35.9 Å². The number of halogens is 3. The van der Waals surface area contributed by atoms with Gasteiger partial charge in [0.2, 0.25) is 0 Å². The molecule has 0 bridgehead atoms. The van der Waals surface area contributed by atoms with Crippen molar-refractivity contribution < 1.29 is 9.50 Å². The maximum Gasteiger partial charge on any atom is 0.137 e. The lowest BCUT2D eigenvalue weighted by Crippen LogP contribution is -2.24. The van der Waals surface area contributed by atoms with E-state index in [2.05, 4.69) is 15.9 Å². The molecule has 0 spiro atoms. The van der Waals surface area contributed by atoms with Crippen molar-refractivity contribution >= 4 is 27.5 Å². The SMILES string of the molecule is CC(O)(Cc1ccc(F)c(Br)c1)c1ccccc1Cl. The number of aliphatic hydroxyl groups is 1. The van der Waals surface area contributed by atoms with Crippen LogP contribution in [0.15, 0.2) is 46.9 Å². The van der Waals surface area contributed by atoms with Gasteiger partial charge in [-0.3, -0.25) is 0 Å². The summed E-state index contributed by atoms with van der Waals surface area (Å²) in [5, 5.41) is 11.1. The van der Waals surface area contributed by atoms with Crippen molar-refractivity contribution in [1.82, 2.24) is 0 Å². The first-order valence-electron chi connectivity index (χ1n) is 5.81. The molecular weight excluding hydrogens is 331 g/mol. The Morgan fingerprint density at radius 1 is 1.26 bits per heavy atom. The van der Waals surface area contributed by atoms with Crippen molar-refractivity contribution in [3.05, 3.63) is 68.9 Å². The number of rotatable bonds is 3. The van der Waals surface area contributed by atoms with E-state index in [-0.39, 0.29) is 5.82 Å². The molecule has 0 aliphatic heterocycles. The molecule has 0 heterocycles. The van der Waals surface area contributed by atoms with Crippen LogP contribution in [0.1, 0.15) is 18.1 Å².